The molecule has 8 heavy (non-hydrogen) atoms. The fraction of sp³-hybridized carbons (Fsp3) is 0.500. The van der Waals surface area contributed by atoms with Gasteiger partial charge in [0.15, 0.2) is 0 Å². The van der Waals surface area contributed by atoms with Crippen LogP contribution in [0.4, 0.5) is 0 Å². The van der Waals surface area contributed by atoms with E-state index in [1.807, 2.05) is 6.92 Å². The van der Waals surface area contributed by atoms with Crippen LogP contribution in [-0.4, -0.2) is 10.4 Å². The second-order valence-corrected chi connectivity index (χ2v) is 3.50. The topological polar surface area (TPSA) is 26.3 Å². The van der Waals surface area contributed by atoms with Crippen LogP contribution in [0.15, 0.2) is 10.6 Å². The van der Waals surface area contributed by atoms with Gasteiger partial charge < -0.3 is 10.3 Å². The van der Waals surface area contributed by atoms with Crippen LogP contribution in [0.3, 0.4) is 0 Å². The molecule has 1 atom stereocenters. The van der Waals surface area contributed by atoms with Crippen molar-refractivity contribution in [2.75, 3.05) is 0 Å². The highest BCUT2D eigenvalue weighted by atomic mass is 35.5. The minimum atomic E-state index is -0.0394. The van der Waals surface area contributed by atoms with Crippen molar-refractivity contribution in [1.82, 2.24) is 5.06 Å². The first-order chi connectivity index (χ1) is 3.70. The Bertz CT molecular complexity index is 127. The second kappa shape index (κ2) is 2.17. The maximum Gasteiger partial charge on any atom is 0.0905 e. The van der Waals surface area contributed by atoms with Gasteiger partial charge in [0.2, 0.25) is 0 Å². The third kappa shape index (κ3) is 1.10. The monoisotopic (exact) mass is 150 g/mol. The van der Waals surface area contributed by atoms with Gasteiger partial charge in [-0.2, -0.15) is 0 Å². The summed E-state index contributed by atoms with van der Waals surface area (Å²) >= 11 is 6.85. The van der Waals surface area contributed by atoms with Crippen LogP contribution < -0.4 is 0 Å². The Balaban J connectivity index is 2.56. The summed E-state index contributed by atoms with van der Waals surface area (Å²) in [5.41, 5.74) is 0. The van der Waals surface area contributed by atoms with Crippen molar-refractivity contribution in [3.8, 4) is 0 Å². The van der Waals surface area contributed by atoms with Crippen molar-refractivity contribution in [1.29, 1.82) is 0 Å². The summed E-state index contributed by atoms with van der Waals surface area (Å²) in [6.07, 6.45) is 1.39. The van der Waals surface area contributed by atoms with E-state index in [4.69, 9.17) is 11.6 Å². The molecule has 1 aliphatic heterocycles. The van der Waals surface area contributed by atoms with E-state index < -0.39 is 0 Å². The molecule has 0 aromatic carbocycles. The molecule has 0 fully saturated rings. The molecular weight excluding hydrogens is 146 g/mol. The third-order valence-corrected chi connectivity index (χ3v) is 2.11. The highest BCUT2D eigenvalue weighted by molar-refractivity contribution is 8.05. The lowest BCUT2D eigenvalue weighted by Gasteiger charge is -2.26. The highest BCUT2D eigenvalue weighted by Gasteiger charge is 2.11. The summed E-state index contributed by atoms with van der Waals surface area (Å²) in [6.45, 7) is 1.81. The van der Waals surface area contributed by atoms with Crippen LogP contribution in [0.2, 0.25) is 0 Å². The molecule has 0 bridgehead atoms. The van der Waals surface area contributed by atoms with Gasteiger partial charge in [-0.25, -0.2) is 0 Å². The van der Waals surface area contributed by atoms with Crippen LogP contribution >= 0.6 is 23.4 Å². The average Bonchev–Trinajstić information content (AvgIpc) is 1.85. The number of hydroxylamine groups is 2. The summed E-state index contributed by atoms with van der Waals surface area (Å²) in [6, 6.07) is 0. The van der Waals surface area contributed by atoms with Crippen LogP contribution in [-0.2, 0) is 0 Å². The Kier molecular flexibility index (Phi) is 1.70. The van der Waals surface area contributed by atoms with Gasteiger partial charge in [-0.15, -0.1) is 0 Å². The second-order valence-electron chi connectivity index (χ2n) is 1.51. The fourth-order valence-electron chi connectivity index (χ4n) is 0.450. The van der Waals surface area contributed by atoms with Crippen LogP contribution in [0.5, 0.6) is 0 Å². The molecule has 0 aromatic rings. The summed E-state index contributed by atoms with van der Waals surface area (Å²) in [7, 11) is 0. The Morgan fingerprint density at radius 2 is 2.62 bits per heavy atom. The number of halogens is 1. The third-order valence-electron chi connectivity index (χ3n) is 0.870. The smallest absolute Gasteiger partial charge is 0.0905 e. The lowest BCUT2D eigenvalue weighted by atomic mass is 10.7. The number of hydrogen-bond donors (Lipinski definition) is 0. The number of hydrogen-bond acceptors (Lipinski definition) is 3. The average molecular weight is 151 g/mol. The Morgan fingerprint density at radius 1 is 2.00 bits per heavy atom. The number of rotatable bonds is 0. The number of nitrogens with zero attached hydrogens (tertiary/aromatic N) is 1. The van der Waals surface area contributed by atoms with Crippen LogP contribution in [0, 0.1) is 5.21 Å². The molecule has 1 aliphatic rings. The maximum atomic E-state index is 10.5. The Labute approximate surface area is 57.1 Å². The van der Waals surface area contributed by atoms with Gasteiger partial charge in [0, 0.05) is 6.20 Å². The summed E-state index contributed by atoms with van der Waals surface area (Å²) in [4.78, 5) is 0. The highest BCUT2D eigenvalue weighted by Crippen LogP contribution is 2.33. The largest absolute Gasteiger partial charge is 0.758 e. The molecule has 1 heterocycles. The zero-order chi connectivity index (χ0) is 6.15. The molecule has 4 heteroatoms. The molecule has 0 aromatic heterocycles. The zero-order valence-corrected chi connectivity index (χ0v) is 5.87. The van der Waals surface area contributed by atoms with E-state index >= 15 is 0 Å². The predicted molar refractivity (Wildman–Crippen MR) is 36.2 cm³/mol. The summed E-state index contributed by atoms with van der Waals surface area (Å²) in [5.74, 6) is 0. The SMILES string of the molecule is CC1SC(Cl)=CN1[O-]. The van der Waals surface area contributed by atoms with Crippen molar-refractivity contribution in [2.24, 2.45) is 0 Å². The Hall–Kier alpha value is 0.140. The Morgan fingerprint density at radius 3 is 2.75 bits per heavy atom. The van der Waals surface area contributed by atoms with Gasteiger partial charge in [-0.1, -0.05) is 23.4 Å². The molecule has 0 saturated heterocycles. The van der Waals surface area contributed by atoms with Gasteiger partial charge in [-0.3, -0.25) is 0 Å². The predicted octanol–water partition coefficient (Wildman–Crippen LogP) is 1.92. The van der Waals surface area contributed by atoms with Crippen LogP contribution in [0.1, 0.15) is 6.92 Å². The van der Waals surface area contributed by atoms with Gasteiger partial charge >= 0.3 is 0 Å². The van der Waals surface area contributed by atoms with Crippen molar-refractivity contribution in [2.45, 2.75) is 12.3 Å². The van der Waals surface area contributed by atoms with Gasteiger partial charge in [0.05, 0.1) is 9.74 Å². The minimum absolute atomic E-state index is 0.0394. The molecule has 1 unspecified atom stereocenters. The zero-order valence-electron chi connectivity index (χ0n) is 4.30. The molecule has 46 valence electrons. The van der Waals surface area contributed by atoms with Gasteiger partial charge in [-0.05, 0) is 6.92 Å². The van der Waals surface area contributed by atoms with E-state index in [9.17, 15) is 5.21 Å². The normalized spacial score (nSPS) is 28.6. The lowest BCUT2D eigenvalue weighted by Crippen LogP contribution is -2.12. The van der Waals surface area contributed by atoms with Crippen molar-refractivity contribution >= 4 is 23.4 Å². The molecule has 0 aliphatic carbocycles. The van der Waals surface area contributed by atoms with Crippen molar-refractivity contribution in [3.63, 3.8) is 0 Å². The first-order valence-corrected chi connectivity index (χ1v) is 3.45. The molecule has 0 radical (unpaired) electrons. The molecular formula is C4H5ClNOS-. The molecule has 2 nitrogen and oxygen atoms in total. The van der Waals surface area contributed by atoms with E-state index in [2.05, 4.69) is 0 Å². The molecule has 0 spiro atoms. The first-order valence-electron chi connectivity index (χ1n) is 2.19. The first kappa shape index (κ1) is 6.26. The van der Waals surface area contributed by atoms with E-state index in [1.54, 1.807) is 0 Å². The molecule has 0 saturated carbocycles. The van der Waals surface area contributed by atoms with E-state index in [0.717, 1.165) is 5.06 Å². The van der Waals surface area contributed by atoms with E-state index in [-0.39, 0.29) is 5.37 Å². The van der Waals surface area contributed by atoms with Crippen molar-refractivity contribution in [3.05, 3.63) is 15.8 Å². The quantitative estimate of drug-likeness (QED) is 0.528. The molecule has 0 N–H and O–H groups in total. The summed E-state index contributed by atoms with van der Waals surface area (Å²) in [5, 5.41) is 11.3. The van der Waals surface area contributed by atoms with Crippen molar-refractivity contribution < 1.29 is 0 Å². The van der Waals surface area contributed by atoms with E-state index in [0.29, 0.717) is 4.36 Å². The standard InChI is InChI=1S/C4H5ClNOS/c1-3-6(7)2-4(5)8-3/h2-3H,1H3/q-1. The molecule has 0 amide bonds. The van der Waals surface area contributed by atoms with Crippen LogP contribution in [0.25, 0.3) is 0 Å². The number of thioether (sulfide) groups is 1. The fourth-order valence-corrected chi connectivity index (χ4v) is 1.59. The minimum Gasteiger partial charge on any atom is -0.758 e. The lowest BCUT2D eigenvalue weighted by molar-refractivity contribution is 0.513. The summed E-state index contributed by atoms with van der Waals surface area (Å²) < 4.78 is 0.576. The maximum absolute atomic E-state index is 10.5. The van der Waals surface area contributed by atoms with Gasteiger partial charge in [0.1, 0.15) is 0 Å². The van der Waals surface area contributed by atoms with Gasteiger partial charge in [0.25, 0.3) is 0 Å². The van der Waals surface area contributed by atoms with E-state index in [1.165, 1.54) is 18.0 Å². The molecule has 1 rings (SSSR count).